The highest BCUT2D eigenvalue weighted by atomic mass is 16.7. The second-order valence-electron chi connectivity index (χ2n) is 7.98. The third-order valence-electron chi connectivity index (χ3n) is 5.90. The Balaban J connectivity index is 1.47. The van der Waals surface area contributed by atoms with Crippen molar-refractivity contribution in [2.45, 2.75) is 32.2 Å². The highest BCUT2D eigenvalue weighted by Crippen LogP contribution is 2.32. The van der Waals surface area contributed by atoms with Crippen molar-refractivity contribution in [3.63, 3.8) is 0 Å². The zero-order valence-electron chi connectivity index (χ0n) is 17.1. The number of hydrogen-bond donors (Lipinski definition) is 1. The van der Waals surface area contributed by atoms with Crippen LogP contribution < -0.4 is 20.7 Å². The molecule has 1 aromatic heterocycles. The molecule has 0 bridgehead atoms. The number of amides is 1. The first-order valence-electron chi connectivity index (χ1n) is 10.5. The summed E-state index contributed by atoms with van der Waals surface area (Å²) in [6.45, 7) is 1.75. The van der Waals surface area contributed by atoms with Crippen molar-refractivity contribution in [3.8, 4) is 11.5 Å². The highest BCUT2D eigenvalue weighted by molar-refractivity contribution is 5.97. The molecule has 8 heteroatoms. The summed E-state index contributed by atoms with van der Waals surface area (Å²) in [4.78, 5) is 43.2. The van der Waals surface area contributed by atoms with E-state index >= 15 is 0 Å². The number of fused-ring (bicyclic) bond motifs is 2. The molecule has 0 spiro atoms. The van der Waals surface area contributed by atoms with E-state index in [1.165, 1.54) is 0 Å². The maximum Gasteiger partial charge on any atom is 0.329 e. The van der Waals surface area contributed by atoms with Crippen LogP contribution in [0.25, 0.3) is 10.9 Å². The number of hydrogen-bond acceptors (Lipinski definition) is 5. The van der Waals surface area contributed by atoms with Crippen LogP contribution in [0, 0.1) is 0 Å². The smallest absolute Gasteiger partial charge is 0.329 e. The number of rotatable bonds is 3. The van der Waals surface area contributed by atoms with Crippen molar-refractivity contribution >= 4 is 16.8 Å². The lowest BCUT2D eigenvalue weighted by Crippen LogP contribution is -2.35. The average Bonchev–Trinajstić information content (AvgIpc) is 3.07. The van der Waals surface area contributed by atoms with E-state index in [2.05, 4.69) is 4.98 Å². The van der Waals surface area contributed by atoms with Crippen LogP contribution in [0.2, 0.25) is 0 Å². The normalized spacial score (nSPS) is 15.8. The van der Waals surface area contributed by atoms with Gasteiger partial charge in [-0.3, -0.25) is 14.2 Å². The van der Waals surface area contributed by atoms with Crippen molar-refractivity contribution in [1.82, 2.24) is 14.5 Å². The molecule has 1 fully saturated rings. The molecular weight excluding hydrogens is 398 g/mol. The fourth-order valence-corrected chi connectivity index (χ4v) is 4.21. The zero-order chi connectivity index (χ0) is 21.4. The highest BCUT2D eigenvalue weighted by Gasteiger charge is 2.19. The van der Waals surface area contributed by atoms with E-state index in [0.717, 1.165) is 48.9 Å². The number of ether oxygens (including phenoxy) is 2. The Morgan fingerprint density at radius 2 is 1.71 bits per heavy atom. The number of nitrogens with one attached hydrogen (secondary N) is 1. The van der Waals surface area contributed by atoms with Crippen LogP contribution in [-0.2, 0) is 6.54 Å². The van der Waals surface area contributed by atoms with Gasteiger partial charge in [-0.15, -0.1) is 0 Å². The minimum atomic E-state index is -0.519. The van der Waals surface area contributed by atoms with E-state index < -0.39 is 11.2 Å². The van der Waals surface area contributed by atoms with Gasteiger partial charge >= 0.3 is 5.69 Å². The van der Waals surface area contributed by atoms with E-state index in [4.69, 9.17) is 9.47 Å². The van der Waals surface area contributed by atoms with E-state index in [1.807, 2.05) is 4.90 Å². The third kappa shape index (κ3) is 3.69. The Labute approximate surface area is 178 Å². The largest absolute Gasteiger partial charge is 0.454 e. The Morgan fingerprint density at radius 1 is 0.935 bits per heavy atom. The Morgan fingerprint density at radius 3 is 2.52 bits per heavy atom. The van der Waals surface area contributed by atoms with Crippen molar-refractivity contribution in [2.24, 2.45) is 0 Å². The minimum Gasteiger partial charge on any atom is -0.454 e. The predicted octanol–water partition coefficient (Wildman–Crippen LogP) is 2.48. The fourth-order valence-electron chi connectivity index (χ4n) is 4.21. The first-order chi connectivity index (χ1) is 15.1. The molecular formula is C23H23N3O5. The quantitative estimate of drug-likeness (QED) is 0.701. The number of nitrogens with zero attached hydrogens (tertiary/aromatic N) is 2. The molecule has 0 aliphatic carbocycles. The van der Waals surface area contributed by atoms with E-state index in [1.54, 1.807) is 36.4 Å². The summed E-state index contributed by atoms with van der Waals surface area (Å²) in [5.41, 5.74) is 0.694. The Bertz CT molecular complexity index is 1270. The standard InChI is InChI=1S/C23H23N3O5/c27-21(25-9-3-1-2-4-10-25)16-6-7-17-18(12-16)24-23(29)26(22(17)28)13-15-5-8-19-20(11-15)31-14-30-19/h5-8,11-12H,1-4,9-10,13-14H2,(H,24,29). The van der Waals surface area contributed by atoms with Gasteiger partial charge in [0.2, 0.25) is 6.79 Å². The van der Waals surface area contributed by atoms with Crippen molar-refractivity contribution in [2.75, 3.05) is 19.9 Å². The molecule has 8 nitrogen and oxygen atoms in total. The van der Waals surface area contributed by atoms with Crippen molar-refractivity contribution in [1.29, 1.82) is 0 Å². The Kier molecular flexibility index (Phi) is 4.97. The lowest BCUT2D eigenvalue weighted by molar-refractivity contribution is 0.0762. The summed E-state index contributed by atoms with van der Waals surface area (Å²) in [5.74, 6) is 1.18. The van der Waals surface area contributed by atoms with Gasteiger partial charge in [-0.1, -0.05) is 18.9 Å². The van der Waals surface area contributed by atoms with Gasteiger partial charge in [0.25, 0.3) is 11.5 Å². The molecule has 5 rings (SSSR count). The third-order valence-corrected chi connectivity index (χ3v) is 5.90. The van der Waals surface area contributed by atoms with Crippen LogP contribution >= 0.6 is 0 Å². The molecule has 2 aliphatic rings. The van der Waals surface area contributed by atoms with Crippen molar-refractivity contribution < 1.29 is 14.3 Å². The number of aromatic amines is 1. The molecule has 0 atom stereocenters. The van der Waals surface area contributed by atoms with Gasteiger partial charge in [0.15, 0.2) is 11.5 Å². The number of likely N-dealkylation sites (tertiary alicyclic amines) is 1. The van der Waals surface area contributed by atoms with Gasteiger partial charge in [-0.25, -0.2) is 4.79 Å². The van der Waals surface area contributed by atoms with Crippen LogP contribution in [0.4, 0.5) is 0 Å². The topological polar surface area (TPSA) is 93.6 Å². The SMILES string of the molecule is O=C(c1ccc2c(=O)n(Cc3ccc4c(c3)OCO4)c(=O)[nH]c2c1)N1CCCCCC1. The summed E-state index contributed by atoms with van der Waals surface area (Å²) >= 11 is 0. The summed E-state index contributed by atoms with van der Waals surface area (Å²) in [6, 6.07) is 10.2. The molecule has 1 N–H and O–H groups in total. The average molecular weight is 421 g/mol. The molecule has 31 heavy (non-hydrogen) atoms. The maximum absolute atomic E-state index is 13.0. The number of aromatic nitrogens is 2. The lowest BCUT2D eigenvalue weighted by atomic mass is 10.1. The molecule has 1 saturated heterocycles. The molecule has 0 radical (unpaired) electrons. The van der Waals surface area contributed by atoms with Gasteiger partial charge in [0.1, 0.15) is 0 Å². The second kappa shape index (κ2) is 7.94. The summed E-state index contributed by atoms with van der Waals surface area (Å²) in [5, 5.41) is 0.368. The summed E-state index contributed by atoms with van der Waals surface area (Å²) in [6.07, 6.45) is 4.27. The molecule has 3 aromatic rings. The molecule has 3 heterocycles. The number of carbonyl (C=O) groups is 1. The van der Waals surface area contributed by atoms with Gasteiger partial charge in [0, 0.05) is 18.7 Å². The summed E-state index contributed by atoms with van der Waals surface area (Å²) in [7, 11) is 0. The van der Waals surface area contributed by atoms with Gasteiger partial charge in [-0.05, 0) is 48.7 Å². The lowest BCUT2D eigenvalue weighted by Gasteiger charge is -2.20. The molecule has 2 aromatic carbocycles. The fraction of sp³-hybridized carbons (Fsp3) is 0.348. The predicted molar refractivity (Wildman–Crippen MR) is 115 cm³/mol. The number of carbonyl (C=O) groups excluding carboxylic acids is 1. The van der Waals surface area contributed by atoms with Crippen LogP contribution in [0.3, 0.4) is 0 Å². The van der Waals surface area contributed by atoms with E-state index in [0.29, 0.717) is 28.0 Å². The van der Waals surface area contributed by atoms with E-state index in [-0.39, 0.29) is 19.2 Å². The Hall–Kier alpha value is -3.55. The van der Waals surface area contributed by atoms with Gasteiger partial charge in [-0.2, -0.15) is 0 Å². The summed E-state index contributed by atoms with van der Waals surface area (Å²) < 4.78 is 11.8. The van der Waals surface area contributed by atoms with Gasteiger partial charge in [0.05, 0.1) is 17.4 Å². The van der Waals surface area contributed by atoms with Crippen molar-refractivity contribution in [3.05, 3.63) is 68.4 Å². The first-order valence-corrected chi connectivity index (χ1v) is 10.5. The second-order valence-corrected chi connectivity index (χ2v) is 7.98. The molecule has 1 amide bonds. The molecule has 2 aliphatic heterocycles. The number of benzene rings is 2. The zero-order valence-corrected chi connectivity index (χ0v) is 17.1. The van der Waals surface area contributed by atoms with Gasteiger partial charge < -0.3 is 19.4 Å². The number of H-pyrrole nitrogens is 1. The molecule has 160 valence electrons. The minimum absolute atomic E-state index is 0.0609. The van der Waals surface area contributed by atoms with Crippen LogP contribution in [-0.4, -0.2) is 40.2 Å². The monoisotopic (exact) mass is 421 g/mol. The maximum atomic E-state index is 13.0. The van der Waals surface area contributed by atoms with Crippen LogP contribution in [0.5, 0.6) is 11.5 Å². The van der Waals surface area contributed by atoms with Crippen LogP contribution in [0.15, 0.2) is 46.0 Å². The molecule has 0 saturated carbocycles. The van der Waals surface area contributed by atoms with E-state index in [9.17, 15) is 14.4 Å². The molecule has 0 unspecified atom stereocenters. The van der Waals surface area contributed by atoms with Crippen LogP contribution in [0.1, 0.15) is 41.6 Å². The first kappa shape index (κ1) is 19.4.